The SMILES string of the molecule is Cc1cccc2c1CN(C1CCC(=O)CC1=O)C2=O. The molecule has 1 fully saturated rings. The van der Waals surface area contributed by atoms with E-state index in [9.17, 15) is 14.4 Å². The van der Waals surface area contributed by atoms with Gasteiger partial charge in [-0.1, -0.05) is 12.1 Å². The van der Waals surface area contributed by atoms with Crippen molar-refractivity contribution in [2.75, 3.05) is 0 Å². The smallest absolute Gasteiger partial charge is 0.255 e. The molecule has 19 heavy (non-hydrogen) atoms. The summed E-state index contributed by atoms with van der Waals surface area (Å²) >= 11 is 0. The van der Waals surface area contributed by atoms with Crippen molar-refractivity contribution in [3.05, 3.63) is 34.9 Å². The van der Waals surface area contributed by atoms with Crippen molar-refractivity contribution in [3.8, 4) is 0 Å². The Morgan fingerprint density at radius 3 is 2.68 bits per heavy atom. The van der Waals surface area contributed by atoms with E-state index in [4.69, 9.17) is 0 Å². The van der Waals surface area contributed by atoms with Gasteiger partial charge in [0.15, 0.2) is 5.78 Å². The standard InChI is InChI=1S/C15H15NO3/c1-9-3-2-4-11-12(9)8-16(15(11)19)13-6-5-10(17)7-14(13)18/h2-4,13H,5-8H2,1H3. The lowest BCUT2D eigenvalue weighted by molar-refractivity contribution is -0.133. The van der Waals surface area contributed by atoms with Crippen LogP contribution in [-0.2, 0) is 16.1 Å². The number of rotatable bonds is 1. The number of carbonyl (C=O) groups excluding carboxylic acids is 3. The van der Waals surface area contributed by atoms with Gasteiger partial charge < -0.3 is 4.90 Å². The van der Waals surface area contributed by atoms with Crippen molar-refractivity contribution < 1.29 is 14.4 Å². The Balaban J connectivity index is 1.90. The lowest BCUT2D eigenvalue weighted by atomic mass is 9.92. The van der Waals surface area contributed by atoms with Crippen LogP contribution in [0.5, 0.6) is 0 Å². The normalized spacial score (nSPS) is 22.9. The molecule has 2 aliphatic rings. The van der Waals surface area contributed by atoms with E-state index >= 15 is 0 Å². The average molecular weight is 257 g/mol. The zero-order chi connectivity index (χ0) is 13.6. The maximum atomic E-state index is 12.4. The van der Waals surface area contributed by atoms with Gasteiger partial charge in [-0.2, -0.15) is 0 Å². The highest BCUT2D eigenvalue weighted by molar-refractivity contribution is 6.07. The summed E-state index contributed by atoms with van der Waals surface area (Å²) in [4.78, 5) is 37.2. The maximum Gasteiger partial charge on any atom is 0.255 e. The first-order valence-corrected chi connectivity index (χ1v) is 6.52. The third-order valence-corrected chi connectivity index (χ3v) is 4.05. The van der Waals surface area contributed by atoms with Crippen molar-refractivity contribution in [1.82, 2.24) is 4.90 Å². The lowest BCUT2D eigenvalue weighted by Crippen LogP contribution is -2.44. The maximum absolute atomic E-state index is 12.4. The number of amides is 1. The number of benzene rings is 1. The Bertz CT molecular complexity index is 591. The molecule has 1 saturated carbocycles. The fourth-order valence-corrected chi connectivity index (χ4v) is 2.95. The van der Waals surface area contributed by atoms with Crippen LogP contribution >= 0.6 is 0 Å². The fraction of sp³-hybridized carbons (Fsp3) is 0.400. The summed E-state index contributed by atoms with van der Waals surface area (Å²) in [6.45, 7) is 2.47. The van der Waals surface area contributed by atoms with Crippen LogP contribution in [0, 0.1) is 6.92 Å². The Kier molecular flexibility index (Phi) is 2.73. The van der Waals surface area contributed by atoms with Crippen LogP contribution in [0.1, 0.15) is 40.7 Å². The zero-order valence-electron chi connectivity index (χ0n) is 10.8. The van der Waals surface area contributed by atoms with Gasteiger partial charge in [-0.05, 0) is 30.5 Å². The molecule has 0 aromatic heterocycles. The molecule has 1 aliphatic heterocycles. The molecule has 0 radical (unpaired) electrons. The summed E-state index contributed by atoms with van der Waals surface area (Å²) < 4.78 is 0. The molecule has 1 atom stereocenters. The van der Waals surface area contributed by atoms with Crippen LogP contribution in [0.15, 0.2) is 18.2 Å². The van der Waals surface area contributed by atoms with Gasteiger partial charge in [0.1, 0.15) is 5.78 Å². The van der Waals surface area contributed by atoms with E-state index in [0.29, 0.717) is 24.9 Å². The first kappa shape index (κ1) is 12.1. The minimum atomic E-state index is -0.419. The number of fused-ring (bicyclic) bond motifs is 1. The van der Waals surface area contributed by atoms with Crippen molar-refractivity contribution >= 4 is 17.5 Å². The number of hydrogen-bond donors (Lipinski definition) is 0. The average Bonchev–Trinajstić information content (AvgIpc) is 2.69. The van der Waals surface area contributed by atoms with E-state index in [0.717, 1.165) is 11.1 Å². The van der Waals surface area contributed by atoms with Gasteiger partial charge in [-0.15, -0.1) is 0 Å². The van der Waals surface area contributed by atoms with Crippen molar-refractivity contribution in [3.63, 3.8) is 0 Å². The highest BCUT2D eigenvalue weighted by Gasteiger charge is 2.39. The molecule has 1 heterocycles. The van der Waals surface area contributed by atoms with Crippen LogP contribution in [0.3, 0.4) is 0 Å². The summed E-state index contributed by atoms with van der Waals surface area (Å²) in [7, 11) is 0. The molecule has 0 N–H and O–H groups in total. The van der Waals surface area contributed by atoms with Gasteiger partial charge >= 0.3 is 0 Å². The van der Waals surface area contributed by atoms with Crippen molar-refractivity contribution in [1.29, 1.82) is 0 Å². The van der Waals surface area contributed by atoms with Crippen LogP contribution in [0.2, 0.25) is 0 Å². The van der Waals surface area contributed by atoms with Crippen molar-refractivity contribution in [2.45, 2.75) is 38.8 Å². The number of nitrogens with zero attached hydrogens (tertiary/aromatic N) is 1. The van der Waals surface area contributed by atoms with E-state index in [1.165, 1.54) is 0 Å². The second-order valence-corrected chi connectivity index (χ2v) is 5.27. The number of aryl methyl sites for hydroxylation is 1. The monoisotopic (exact) mass is 257 g/mol. The molecular formula is C15H15NO3. The topological polar surface area (TPSA) is 54.5 Å². The molecule has 0 bridgehead atoms. The highest BCUT2D eigenvalue weighted by atomic mass is 16.2. The van der Waals surface area contributed by atoms with Crippen molar-refractivity contribution in [2.24, 2.45) is 0 Å². The van der Waals surface area contributed by atoms with Crippen LogP contribution in [0.25, 0.3) is 0 Å². The summed E-state index contributed by atoms with van der Waals surface area (Å²) in [5.41, 5.74) is 2.79. The summed E-state index contributed by atoms with van der Waals surface area (Å²) in [5.74, 6) is -0.206. The summed E-state index contributed by atoms with van der Waals surface area (Å²) in [6.07, 6.45) is 0.843. The van der Waals surface area contributed by atoms with Crippen LogP contribution in [0.4, 0.5) is 0 Å². The molecule has 1 aromatic rings. The molecule has 3 rings (SSSR count). The quantitative estimate of drug-likeness (QED) is 0.719. The third kappa shape index (κ3) is 1.87. The molecule has 1 unspecified atom stereocenters. The number of ketones is 2. The van der Waals surface area contributed by atoms with Gasteiger partial charge in [-0.25, -0.2) is 0 Å². The van der Waals surface area contributed by atoms with E-state index < -0.39 is 6.04 Å². The highest BCUT2D eigenvalue weighted by Crippen LogP contribution is 2.30. The molecule has 4 heteroatoms. The van der Waals surface area contributed by atoms with Gasteiger partial charge in [0.25, 0.3) is 5.91 Å². The minimum Gasteiger partial charge on any atom is -0.324 e. The largest absolute Gasteiger partial charge is 0.324 e. The van der Waals surface area contributed by atoms with E-state index in [-0.39, 0.29) is 23.9 Å². The first-order valence-electron chi connectivity index (χ1n) is 6.52. The Morgan fingerprint density at radius 1 is 1.21 bits per heavy atom. The minimum absolute atomic E-state index is 0.0124. The lowest BCUT2D eigenvalue weighted by Gasteiger charge is -2.29. The fourth-order valence-electron chi connectivity index (χ4n) is 2.95. The number of hydrogen-bond acceptors (Lipinski definition) is 3. The Hall–Kier alpha value is -1.97. The second-order valence-electron chi connectivity index (χ2n) is 5.27. The molecule has 1 aliphatic carbocycles. The van der Waals surface area contributed by atoms with Crippen LogP contribution < -0.4 is 0 Å². The van der Waals surface area contributed by atoms with Gasteiger partial charge in [0.2, 0.25) is 0 Å². The zero-order valence-corrected chi connectivity index (χ0v) is 10.8. The van der Waals surface area contributed by atoms with E-state index in [1.54, 1.807) is 4.90 Å². The molecule has 0 saturated heterocycles. The molecule has 98 valence electrons. The Labute approximate surface area is 111 Å². The molecule has 0 spiro atoms. The molecule has 4 nitrogen and oxygen atoms in total. The number of carbonyl (C=O) groups is 3. The predicted octanol–water partition coefficient (Wildman–Crippen LogP) is 1.64. The number of Topliss-reactive ketones (excluding diaryl/α,β-unsaturated/α-hetero) is 2. The molecular weight excluding hydrogens is 242 g/mol. The molecule has 1 amide bonds. The predicted molar refractivity (Wildman–Crippen MR) is 68.7 cm³/mol. The molecule has 1 aromatic carbocycles. The van der Waals surface area contributed by atoms with Gasteiger partial charge in [0, 0.05) is 18.5 Å². The van der Waals surface area contributed by atoms with Gasteiger partial charge in [-0.3, -0.25) is 14.4 Å². The second kappa shape index (κ2) is 4.30. The summed E-state index contributed by atoms with van der Waals surface area (Å²) in [6, 6.07) is 5.23. The Morgan fingerprint density at radius 2 is 2.00 bits per heavy atom. The van der Waals surface area contributed by atoms with Crippen LogP contribution in [-0.4, -0.2) is 28.4 Å². The van der Waals surface area contributed by atoms with E-state index in [1.807, 2.05) is 25.1 Å². The third-order valence-electron chi connectivity index (χ3n) is 4.05. The summed E-state index contributed by atoms with van der Waals surface area (Å²) in [5, 5.41) is 0. The van der Waals surface area contributed by atoms with E-state index in [2.05, 4.69) is 0 Å². The van der Waals surface area contributed by atoms with Gasteiger partial charge in [0.05, 0.1) is 12.5 Å². The first-order chi connectivity index (χ1) is 9.08.